The van der Waals surface area contributed by atoms with Gasteiger partial charge in [-0.05, 0) is 43.7 Å². The number of ether oxygens (including phenoxy) is 3. The van der Waals surface area contributed by atoms with Crippen LogP contribution in [0.5, 0.6) is 11.5 Å². The van der Waals surface area contributed by atoms with E-state index in [2.05, 4.69) is 22.4 Å². The van der Waals surface area contributed by atoms with Gasteiger partial charge in [-0.15, -0.1) is 0 Å². The molecule has 0 fully saturated rings. The normalized spacial score (nSPS) is 17.8. The topological polar surface area (TPSA) is 104 Å². The van der Waals surface area contributed by atoms with Crippen molar-refractivity contribution in [3.8, 4) is 11.5 Å². The number of nitrogens with zero attached hydrogens (tertiary/aromatic N) is 1. The summed E-state index contributed by atoms with van der Waals surface area (Å²) < 4.78 is 16.6. The molecular formula is C27H34N2O6. The molecule has 1 N–H and O–H groups in total. The Morgan fingerprint density at radius 2 is 1.83 bits per heavy atom. The fourth-order valence-corrected chi connectivity index (χ4v) is 4.35. The van der Waals surface area contributed by atoms with Gasteiger partial charge < -0.3 is 19.5 Å². The van der Waals surface area contributed by atoms with Crippen LogP contribution in [0.25, 0.3) is 0 Å². The number of methoxy groups -OCH3 is 1. The average molecular weight is 483 g/mol. The van der Waals surface area contributed by atoms with Gasteiger partial charge in [0.2, 0.25) is 5.75 Å². The molecule has 1 heterocycles. The standard InChI is InChI=1S/C27H34N2O6/c1-6-18(7-2)27(32)35-24-22(33-5)14-15-28-23(24)25(30)29-17(4)26(31)34-21-13-12-19-10-8-9-11-20(19)16(21)3/h8-11,14-18,21H,6-7,12-13H2,1-5H3,(H,29,30)/t16?,17-,21?/m0/s1. The first-order valence-corrected chi connectivity index (χ1v) is 12.1. The highest BCUT2D eigenvalue weighted by Crippen LogP contribution is 2.34. The maximum atomic E-state index is 13.0. The van der Waals surface area contributed by atoms with Crippen LogP contribution in [-0.2, 0) is 20.7 Å². The van der Waals surface area contributed by atoms with E-state index in [9.17, 15) is 14.4 Å². The van der Waals surface area contributed by atoms with Crippen molar-refractivity contribution in [2.24, 2.45) is 5.92 Å². The van der Waals surface area contributed by atoms with E-state index in [0.717, 1.165) is 12.8 Å². The van der Waals surface area contributed by atoms with Crippen molar-refractivity contribution in [3.05, 3.63) is 53.3 Å². The zero-order chi connectivity index (χ0) is 25.5. The predicted octanol–water partition coefficient (Wildman–Crippen LogP) is 4.21. The van der Waals surface area contributed by atoms with Gasteiger partial charge in [0.1, 0.15) is 12.1 Å². The maximum absolute atomic E-state index is 13.0. The number of carbonyl (C=O) groups is 3. The van der Waals surface area contributed by atoms with Gasteiger partial charge in [-0.2, -0.15) is 0 Å². The predicted molar refractivity (Wildman–Crippen MR) is 130 cm³/mol. The number of aryl methyl sites for hydroxylation is 1. The smallest absolute Gasteiger partial charge is 0.328 e. The van der Waals surface area contributed by atoms with Crippen LogP contribution in [-0.4, -0.2) is 42.1 Å². The molecule has 1 aromatic heterocycles. The molecule has 3 atom stereocenters. The Hall–Kier alpha value is -3.42. The number of hydrogen-bond acceptors (Lipinski definition) is 7. The molecule has 1 aliphatic carbocycles. The van der Waals surface area contributed by atoms with E-state index >= 15 is 0 Å². The second-order valence-corrected chi connectivity index (χ2v) is 8.82. The van der Waals surface area contributed by atoms with E-state index in [-0.39, 0.29) is 35.1 Å². The average Bonchev–Trinajstić information content (AvgIpc) is 2.86. The molecule has 0 bridgehead atoms. The number of esters is 2. The van der Waals surface area contributed by atoms with Crippen LogP contribution in [0.15, 0.2) is 36.5 Å². The van der Waals surface area contributed by atoms with Crippen molar-refractivity contribution in [2.45, 2.75) is 71.4 Å². The molecule has 188 valence electrons. The van der Waals surface area contributed by atoms with E-state index in [4.69, 9.17) is 14.2 Å². The number of nitrogens with one attached hydrogen (secondary N) is 1. The highest BCUT2D eigenvalue weighted by Gasteiger charge is 2.32. The largest absolute Gasteiger partial charge is 0.493 e. The van der Waals surface area contributed by atoms with Crippen LogP contribution >= 0.6 is 0 Å². The number of amides is 1. The second kappa shape index (κ2) is 11.8. The quantitative estimate of drug-likeness (QED) is 0.534. The summed E-state index contributed by atoms with van der Waals surface area (Å²) in [4.78, 5) is 42.5. The summed E-state index contributed by atoms with van der Waals surface area (Å²) in [6, 6.07) is 8.73. The minimum absolute atomic E-state index is 0.0583. The zero-order valence-electron chi connectivity index (χ0n) is 21.0. The minimum atomic E-state index is -0.928. The Bertz CT molecular complexity index is 1070. The third-order valence-electron chi connectivity index (χ3n) is 6.60. The summed E-state index contributed by atoms with van der Waals surface area (Å²) in [5, 5.41) is 2.62. The van der Waals surface area contributed by atoms with Crippen LogP contribution in [0, 0.1) is 5.92 Å². The van der Waals surface area contributed by atoms with E-state index in [1.54, 1.807) is 6.92 Å². The van der Waals surface area contributed by atoms with E-state index in [0.29, 0.717) is 12.8 Å². The van der Waals surface area contributed by atoms with E-state index in [1.165, 1.54) is 30.5 Å². The van der Waals surface area contributed by atoms with Crippen molar-refractivity contribution in [1.29, 1.82) is 0 Å². The minimum Gasteiger partial charge on any atom is -0.493 e. The van der Waals surface area contributed by atoms with Crippen LogP contribution < -0.4 is 14.8 Å². The summed E-state index contributed by atoms with van der Waals surface area (Å²) in [7, 11) is 1.41. The lowest BCUT2D eigenvalue weighted by molar-refractivity contribution is -0.152. The third kappa shape index (κ3) is 5.99. The number of carbonyl (C=O) groups excluding carboxylic acids is 3. The molecule has 1 aromatic carbocycles. The van der Waals surface area contributed by atoms with Crippen LogP contribution in [0.4, 0.5) is 0 Å². The van der Waals surface area contributed by atoms with Gasteiger partial charge in [-0.3, -0.25) is 9.59 Å². The molecule has 8 nitrogen and oxygen atoms in total. The lowest BCUT2D eigenvalue weighted by atomic mass is 9.82. The molecule has 0 aliphatic heterocycles. The Labute approximate surface area is 206 Å². The molecule has 0 spiro atoms. The first kappa shape index (κ1) is 26.2. The van der Waals surface area contributed by atoms with Gasteiger partial charge in [-0.25, -0.2) is 9.78 Å². The van der Waals surface area contributed by atoms with E-state index in [1.807, 2.05) is 32.9 Å². The number of pyridine rings is 1. The van der Waals surface area contributed by atoms with Gasteiger partial charge in [0.05, 0.1) is 13.0 Å². The molecule has 35 heavy (non-hydrogen) atoms. The molecule has 1 aliphatic rings. The first-order chi connectivity index (χ1) is 16.8. The summed E-state index contributed by atoms with van der Waals surface area (Å²) in [5.41, 5.74) is 2.31. The number of fused-ring (bicyclic) bond motifs is 1. The van der Waals surface area contributed by atoms with Crippen molar-refractivity contribution in [2.75, 3.05) is 7.11 Å². The molecule has 1 amide bonds. The third-order valence-corrected chi connectivity index (χ3v) is 6.60. The van der Waals surface area contributed by atoms with Gasteiger partial charge in [-0.1, -0.05) is 45.0 Å². The molecule has 0 saturated carbocycles. The van der Waals surface area contributed by atoms with Crippen LogP contribution in [0.3, 0.4) is 0 Å². The van der Waals surface area contributed by atoms with Crippen molar-refractivity contribution >= 4 is 17.8 Å². The highest BCUT2D eigenvalue weighted by molar-refractivity contribution is 5.98. The van der Waals surface area contributed by atoms with Crippen molar-refractivity contribution < 1.29 is 28.6 Å². The number of hydrogen-bond donors (Lipinski definition) is 1. The lowest BCUT2D eigenvalue weighted by Crippen LogP contribution is -2.42. The Morgan fingerprint density at radius 1 is 1.11 bits per heavy atom. The summed E-state index contributed by atoms with van der Waals surface area (Å²) in [5.74, 6) is -1.78. The number of benzene rings is 1. The van der Waals surface area contributed by atoms with Crippen LogP contribution in [0.1, 0.15) is 74.5 Å². The van der Waals surface area contributed by atoms with Gasteiger partial charge >= 0.3 is 11.9 Å². The number of rotatable bonds is 9. The molecular weight excluding hydrogens is 448 g/mol. The summed E-state index contributed by atoms with van der Waals surface area (Å²) in [6.07, 6.45) is 3.87. The fraction of sp³-hybridized carbons (Fsp3) is 0.481. The van der Waals surface area contributed by atoms with Gasteiger partial charge in [0.25, 0.3) is 5.91 Å². The van der Waals surface area contributed by atoms with Gasteiger partial charge in [0.15, 0.2) is 11.4 Å². The molecule has 8 heteroatoms. The Kier molecular flexibility index (Phi) is 8.84. The van der Waals surface area contributed by atoms with Crippen LogP contribution in [0.2, 0.25) is 0 Å². The zero-order valence-corrected chi connectivity index (χ0v) is 21.0. The molecule has 0 saturated heterocycles. The second-order valence-electron chi connectivity index (χ2n) is 8.82. The summed E-state index contributed by atoms with van der Waals surface area (Å²) in [6.45, 7) is 7.38. The molecule has 2 aromatic rings. The van der Waals surface area contributed by atoms with Crippen molar-refractivity contribution in [1.82, 2.24) is 10.3 Å². The Morgan fingerprint density at radius 3 is 2.51 bits per heavy atom. The monoisotopic (exact) mass is 482 g/mol. The SMILES string of the molecule is CCC(CC)C(=O)Oc1c(OC)ccnc1C(=O)N[C@@H](C)C(=O)OC1CCc2ccccc2C1C. The summed E-state index contributed by atoms with van der Waals surface area (Å²) >= 11 is 0. The lowest BCUT2D eigenvalue weighted by Gasteiger charge is -2.31. The fourth-order valence-electron chi connectivity index (χ4n) is 4.35. The molecule has 3 rings (SSSR count). The first-order valence-electron chi connectivity index (χ1n) is 12.1. The Balaban J connectivity index is 1.70. The van der Waals surface area contributed by atoms with Crippen molar-refractivity contribution in [3.63, 3.8) is 0 Å². The maximum Gasteiger partial charge on any atom is 0.328 e. The molecule has 2 unspecified atom stereocenters. The van der Waals surface area contributed by atoms with Gasteiger partial charge in [0, 0.05) is 18.2 Å². The highest BCUT2D eigenvalue weighted by atomic mass is 16.6. The molecule has 0 radical (unpaired) electrons. The van der Waals surface area contributed by atoms with E-state index < -0.39 is 23.9 Å². The number of aromatic nitrogens is 1.